The van der Waals surface area contributed by atoms with Crippen molar-refractivity contribution in [1.29, 1.82) is 0 Å². The maximum absolute atomic E-state index is 2.46. The van der Waals surface area contributed by atoms with Crippen LogP contribution in [0, 0.1) is 0 Å². The van der Waals surface area contributed by atoms with Gasteiger partial charge in [0.25, 0.3) is 0 Å². The Kier molecular flexibility index (Phi) is 5.57. The van der Waals surface area contributed by atoms with Crippen LogP contribution in [0.3, 0.4) is 0 Å². The molecular formula is C45H31NS. The van der Waals surface area contributed by atoms with Crippen LogP contribution in [0.4, 0.5) is 0 Å². The van der Waals surface area contributed by atoms with Crippen LogP contribution >= 0.6 is 11.3 Å². The Bertz CT molecular complexity index is 2690. The minimum atomic E-state index is -0.0814. The summed E-state index contributed by atoms with van der Waals surface area (Å²) in [4.78, 5) is 0. The van der Waals surface area contributed by atoms with Crippen molar-refractivity contribution in [2.24, 2.45) is 0 Å². The number of hydrogen-bond donors (Lipinski definition) is 0. The largest absolute Gasteiger partial charge is 0.309 e. The van der Waals surface area contributed by atoms with Gasteiger partial charge in [0.1, 0.15) is 0 Å². The first-order valence-corrected chi connectivity index (χ1v) is 17.2. The maximum atomic E-state index is 2.46. The van der Waals surface area contributed by atoms with Gasteiger partial charge in [-0.1, -0.05) is 123 Å². The molecule has 10 rings (SSSR count). The molecule has 0 fully saturated rings. The maximum Gasteiger partial charge on any atom is 0.0547 e. The molecule has 0 amide bonds. The van der Waals surface area contributed by atoms with E-state index in [4.69, 9.17) is 0 Å². The van der Waals surface area contributed by atoms with E-state index in [-0.39, 0.29) is 5.41 Å². The highest BCUT2D eigenvalue weighted by atomic mass is 32.1. The number of aromatic nitrogens is 1. The van der Waals surface area contributed by atoms with Crippen LogP contribution in [0.2, 0.25) is 0 Å². The van der Waals surface area contributed by atoms with Gasteiger partial charge < -0.3 is 4.57 Å². The SMILES string of the molecule is CC1(C)c2cc(-c3ccc4c5cc(-c6ccccc6)ccc5n(-c5ccccc5)c4c3)ccc2-c2c1ccc1c2sc2ccccc21. The third kappa shape index (κ3) is 3.83. The summed E-state index contributed by atoms with van der Waals surface area (Å²) in [5.74, 6) is 0. The normalized spacial score (nSPS) is 13.5. The molecule has 1 aliphatic rings. The van der Waals surface area contributed by atoms with Crippen molar-refractivity contribution in [1.82, 2.24) is 4.57 Å². The van der Waals surface area contributed by atoms with Crippen molar-refractivity contribution in [2.75, 3.05) is 0 Å². The molecule has 2 heterocycles. The van der Waals surface area contributed by atoms with Gasteiger partial charge in [-0.05, 0) is 81.4 Å². The van der Waals surface area contributed by atoms with E-state index in [0.717, 1.165) is 0 Å². The Morgan fingerprint density at radius 2 is 1.15 bits per heavy atom. The lowest BCUT2D eigenvalue weighted by Crippen LogP contribution is -2.14. The molecule has 0 atom stereocenters. The molecule has 0 saturated carbocycles. The molecular weight excluding hydrogens is 587 g/mol. The minimum absolute atomic E-state index is 0.0814. The molecule has 7 aromatic carbocycles. The fourth-order valence-electron chi connectivity index (χ4n) is 8.05. The molecule has 1 aliphatic carbocycles. The predicted octanol–water partition coefficient (Wildman–Crippen LogP) is 12.8. The number of rotatable bonds is 3. The summed E-state index contributed by atoms with van der Waals surface area (Å²) in [5, 5.41) is 5.27. The van der Waals surface area contributed by atoms with Gasteiger partial charge in [0.2, 0.25) is 0 Å². The first-order valence-electron chi connectivity index (χ1n) is 16.4. The molecule has 0 saturated heterocycles. The van der Waals surface area contributed by atoms with Gasteiger partial charge in [0, 0.05) is 47.6 Å². The molecule has 47 heavy (non-hydrogen) atoms. The van der Waals surface area contributed by atoms with Crippen molar-refractivity contribution < 1.29 is 0 Å². The van der Waals surface area contributed by atoms with Gasteiger partial charge in [-0.3, -0.25) is 0 Å². The highest BCUT2D eigenvalue weighted by Gasteiger charge is 2.37. The van der Waals surface area contributed by atoms with Gasteiger partial charge in [0.05, 0.1) is 11.0 Å². The molecule has 0 N–H and O–H groups in total. The van der Waals surface area contributed by atoms with Crippen molar-refractivity contribution in [3.05, 3.63) is 163 Å². The average Bonchev–Trinajstić information content (AvgIpc) is 3.74. The third-order valence-corrected chi connectivity index (χ3v) is 11.6. The van der Waals surface area contributed by atoms with Crippen LogP contribution < -0.4 is 0 Å². The molecule has 9 aromatic rings. The van der Waals surface area contributed by atoms with Crippen LogP contribution in [0.25, 0.3) is 81.0 Å². The number of fused-ring (bicyclic) bond motifs is 10. The topological polar surface area (TPSA) is 4.93 Å². The fourth-order valence-corrected chi connectivity index (χ4v) is 9.31. The van der Waals surface area contributed by atoms with Crippen LogP contribution in [0.15, 0.2) is 152 Å². The summed E-state index contributed by atoms with van der Waals surface area (Å²) >= 11 is 1.93. The van der Waals surface area contributed by atoms with Crippen LogP contribution in [-0.2, 0) is 5.41 Å². The fraction of sp³-hybridized carbons (Fsp3) is 0.0667. The molecule has 0 spiro atoms. The van der Waals surface area contributed by atoms with E-state index in [0.29, 0.717) is 0 Å². The Hall–Kier alpha value is -5.44. The summed E-state index contributed by atoms with van der Waals surface area (Å²) in [5.41, 5.74) is 14.1. The van der Waals surface area contributed by atoms with E-state index in [2.05, 4.69) is 170 Å². The average molecular weight is 618 g/mol. The standard InChI is InChI=1S/C45H31NS/c1-45(2)38-23-22-35-34-15-9-10-16-42(34)47-44(35)43(38)36-21-18-30(26-39(36)45)31-17-20-33-37-25-29(28-11-5-3-6-12-28)19-24-40(37)46(41(33)27-31)32-13-7-4-8-14-32/h3-27H,1-2H3. The monoisotopic (exact) mass is 617 g/mol. The van der Waals surface area contributed by atoms with Crippen molar-refractivity contribution in [3.63, 3.8) is 0 Å². The lowest BCUT2D eigenvalue weighted by Gasteiger charge is -2.22. The number of nitrogens with zero attached hydrogens (tertiary/aromatic N) is 1. The van der Waals surface area contributed by atoms with E-state index in [1.165, 1.54) is 92.2 Å². The second-order valence-electron chi connectivity index (χ2n) is 13.3. The Labute approximate surface area is 278 Å². The Morgan fingerprint density at radius 1 is 0.468 bits per heavy atom. The minimum Gasteiger partial charge on any atom is -0.309 e. The summed E-state index contributed by atoms with van der Waals surface area (Å²) in [6, 6.07) is 56.1. The zero-order chi connectivity index (χ0) is 31.3. The van der Waals surface area contributed by atoms with Crippen molar-refractivity contribution in [3.8, 4) is 39.1 Å². The highest BCUT2D eigenvalue weighted by molar-refractivity contribution is 7.26. The first kappa shape index (κ1) is 26.7. The number of benzene rings is 7. The molecule has 1 nitrogen and oxygen atoms in total. The van der Waals surface area contributed by atoms with Crippen molar-refractivity contribution in [2.45, 2.75) is 19.3 Å². The zero-order valence-electron chi connectivity index (χ0n) is 26.3. The summed E-state index contributed by atoms with van der Waals surface area (Å²) < 4.78 is 5.19. The lowest BCUT2D eigenvalue weighted by molar-refractivity contribution is 0.661. The van der Waals surface area contributed by atoms with Crippen LogP contribution in [0.1, 0.15) is 25.0 Å². The smallest absolute Gasteiger partial charge is 0.0547 e. The quantitative estimate of drug-likeness (QED) is 0.186. The molecule has 0 unspecified atom stereocenters. The van der Waals surface area contributed by atoms with Gasteiger partial charge in [0.15, 0.2) is 0 Å². The van der Waals surface area contributed by atoms with Gasteiger partial charge in [-0.15, -0.1) is 11.3 Å². The summed E-state index contributed by atoms with van der Waals surface area (Å²) in [6.07, 6.45) is 0. The third-order valence-electron chi connectivity index (χ3n) is 10.4. The predicted molar refractivity (Wildman–Crippen MR) is 202 cm³/mol. The molecule has 0 radical (unpaired) electrons. The summed E-state index contributed by atoms with van der Waals surface area (Å²) in [6.45, 7) is 4.78. The van der Waals surface area contributed by atoms with E-state index in [1.807, 2.05) is 11.3 Å². The van der Waals surface area contributed by atoms with E-state index in [1.54, 1.807) is 0 Å². The molecule has 2 aromatic heterocycles. The van der Waals surface area contributed by atoms with E-state index >= 15 is 0 Å². The zero-order valence-corrected chi connectivity index (χ0v) is 27.1. The van der Waals surface area contributed by atoms with E-state index < -0.39 is 0 Å². The van der Waals surface area contributed by atoms with Crippen molar-refractivity contribution >= 4 is 53.3 Å². The van der Waals surface area contributed by atoms with Crippen LogP contribution in [-0.4, -0.2) is 4.57 Å². The Morgan fingerprint density at radius 3 is 2.00 bits per heavy atom. The van der Waals surface area contributed by atoms with E-state index in [9.17, 15) is 0 Å². The van der Waals surface area contributed by atoms with Crippen LogP contribution in [0.5, 0.6) is 0 Å². The highest BCUT2D eigenvalue weighted by Crippen LogP contribution is 2.54. The second kappa shape index (κ2) is 9.78. The molecule has 2 heteroatoms. The number of hydrogen-bond acceptors (Lipinski definition) is 1. The lowest BCUT2D eigenvalue weighted by atomic mass is 9.81. The molecule has 222 valence electrons. The first-order chi connectivity index (χ1) is 23.1. The number of thiophene rings is 1. The van der Waals surface area contributed by atoms with Gasteiger partial charge in [-0.25, -0.2) is 0 Å². The molecule has 0 bridgehead atoms. The summed E-state index contributed by atoms with van der Waals surface area (Å²) in [7, 11) is 0. The number of para-hydroxylation sites is 1. The second-order valence-corrected chi connectivity index (χ2v) is 14.4. The molecule has 0 aliphatic heterocycles. The van der Waals surface area contributed by atoms with Gasteiger partial charge >= 0.3 is 0 Å². The van der Waals surface area contributed by atoms with Gasteiger partial charge in [-0.2, -0.15) is 0 Å². The Balaban J connectivity index is 1.17.